The molecule has 264 valence electrons. The monoisotopic (exact) mass is 728 g/mol. The SMILES string of the molecule is CCCC[n+]1ccn(-c2ccccc2O[B-](c2c(F)c(F)c(F)c(F)c2F)(c2c(F)c(F)c(F)c(F)c2F)c2c(F)c(F)c(F)c(F)c2F)c1. The molecule has 0 aliphatic rings. The summed E-state index contributed by atoms with van der Waals surface area (Å²) in [5.41, 5.74) is -9.07. The lowest BCUT2D eigenvalue weighted by Crippen LogP contribution is -2.77. The minimum atomic E-state index is -6.24. The molecule has 0 N–H and O–H groups in total. The van der Waals surface area contributed by atoms with E-state index >= 15 is 26.3 Å². The van der Waals surface area contributed by atoms with E-state index in [4.69, 9.17) is 4.65 Å². The first-order chi connectivity index (χ1) is 23.5. The van der Waals surface area contributed by atoms with Crippen LogP contribution < -0.4 is 25.6 Å². The van der Waals surface area contributed by atoms with Crippen molar-refractivity contribution in [3.05, 3.63) is 130 Å². The van der Waals surface area contributed by atoms with E-state index in [1.54, 1.807) is 0 Å². The van der Waals surface area contributed by atoms with Crippen LogP contribution in [0.2, 0.25) is 0 Å². The second kappa shape index (κ2) is 13.3. The summed E-state index contributed by atoms with van der Waals surface area (Å²) >= 11 is 0. The lowest BCUT2D eigenvalue weighted by molar-refractivity contribution is -0.696. The summed E-state index contributed by atoms with van der Waals surface area (Å²) in [6.45, 7) is 2.18. The van der Waals surface area contributed by atoms with Gasteiger partial charge in [-0.05, 0) is 18.6 Å². The minimum absolute atomic E-state index is 0.347. The molecule has 0 unspecified atom stereocenters. The second-order valence-corrected chi connectivity index (χ2v) is 10.7. The van der Waals surface area contributed by atoms with Crippen molar-refractivity contribution in [3.8, 4) is 11.4 Å². The van der Waals surface area contributed by atoms with Crippen LogP contribution in [0.3, 0.4) is 0 Å². The Morgan fingerprint density at radius 3 is 1.28 bits per heavy atom. The quantitative estimate of drug-likeness (QED) is 0.0544. The predicted molar refractivity (Wildman–Crippen MR) is 145 cm³/mol. The van der Waals surface area contributed by atoms with Crippen LogP contribution in [0.25, 0.3) is 5.69 Å². The number of imidazole rings is 1. The molecule has 0 amide bonds. The van der Waals surface area contributed by atoms with Crippen LogP contribution >= 0.6 is 0 Å². The van der Waals surface area contributed by atoms with Gasteiger partial charge in [-0.15, -0.1) is 0 Å². The molecule has 0 aliphatic carbocycles. The largest absolute Gasteiger partial charge is 0.699 e. The van der Waals surface area contributed by atoms with Crippen molar-refractivity contribution in [2.45, 2.75) is 26.3 Å². The number of rotatable bonds is 9. The summed E-state index contributed by atoms with van der Waals surface area (Å²) in [5.74, 6) is -47.9. The van der Waals surface area contributed by atoms with Crippen molar-refractivity contribution in [1.82, 2.24) is 4.57 Å². The molecule has 0 saturated carbocycles. The van der Waals surface area contributed by atoms with E-state index in [1.807, 2.05) is 6.92 Å². The van der Waals surface area contributed by atoms with E-state index in [0.29, 0.717) is 25.5 Å². The van der Waals surface area contributed by atoms with E-state index in [0.717, 1.165) is 16.7 Å². The summed E-state index contributed by atoms with van der Waals surface area (Å²) in [6.07, 6.45) is -1.06. The maximum absolute atomic E-state index is 15.8. The van der Waals surface area contributed by atoms with Gasteiger partial charge < -0.3 is 4.65 Å². The molecular weight excluding hydrogens is 712 g/mol. The highest BCUT2D eigenvalue weighted by molar-refractivity contribution is 7.07. The van der Waals surface area contributed by atoms with Crippen LogP contribution in [0.1, 0.15) is 19.8 Å². The van der Waals surface area contributed by atoms with Crippen molar-refractivity contribution >= 4 is 22.7 Å². The summed E-state index contributed by atoms with van der Waals surface area (Å²) in [5, 5.41) is 0. The third-order valence-corrected chi connectivity index (χ3v) is 7.86. The van der Waals surface area contributed by atoms with Crippen molar-refractivity contribution < 1.29 is 75.1 Å². The summed E-state index contributed by atoms with van der Waals surface area (Å²) < 4.78 is 234. The average Bonchev–Trinajstić information content (AvgIpc) is 3.58. The molecule has 0 saturated heterocycles. The highest BCUT2D eigenvalue weighted by Crippen LogP contribution is 2.32. The Kier molecular flexibility index (Phi) is 9.64. The number of hydrogen-bond acceptors (Lipinski definition) is 1. The van der Waals surface area contributed by atoms with Crippen LogP contribution in [0.5, 0.6) is 5.75 Å². The van der Waals surface area contributed by atoms with Crippen LogP contribution in [0.4, 0.5) is 65.9 Å². The molecule has 0 spiro atoms. The molecule has 19 heteroatoms. The normalized spacial score (nSPS) is 11.8. The number of para-hydroxylation sites is 2. The van der Waals surface area contributed by atoms with E-state index in [-0.39, 0.29) is 0 Å². The van der Waals surface area contributed by atoms with Gasteiger partial charge in [0, 0.05) is 0 Å². The lowest BCUT2D eigenvalue weighted by atomic mass is 9.27. The van der Waals surface area contributed by atoms with Crippen LogP contribution in [-0.2, 0) is 6.54 Å². The fraction of sp³-hybridized carbons (Fsp3) is 0.129. The van der Waals surface area contributed by atoms with Crippen LogP contribution in [-0.4, -0.2) is 10.9 Å². The highest BCUT2D eigenvalue weighted by Gasteiger charge is 2.51. The van der Waals surface area contributed by atoms with Crippen molar-refractivity contribution in [1.29, 1.82) is 0 Å². The number of halogens is 15. The summed E-state index contributed by atoms with van der Waals surface area (Å²) in [4.78, 5) is 0. The molecule has 4 aromatic carbocycles. The van der Waals surface area contributed by atoms with Crippen LogP contribution in [0.15, 0.2) is 43.0 Å². The van der Waals surface area contributed by atoms with Gasteiger partial charge in [0.2, 0.25) is 6.33 Å². The first kappa shape index (κ1) is 36.2. The van der Waals surface area contributed by atoms with Crippen molar-refractivity contribution in [2.24, 2.45) is 0 Å². The zero-order valence-corrected chi connectivity index (χ0v) is 24.7. The molecule has 5 aromatic rings. The van der Waals surface area contributed by atoms with E-state index in [2.05, 4.69) is 0 Å². The molecule has 0 fully saturated rings. The molecule has 0 bridgehead atoms. The van der Waals surface area contributed by atoms with Gasteiger partial charge in [0.15, 0.2) is 58.0 Å². The number of aromatic nitrogens is 2. The Bertz CT molecular complexity index is 1920. The van der Waals surface area contributed by atoms with Gasteiger partial charge in [-0.25, -0.2) is 70.4 Å². The van der Waals surface area contributed by atoms with Gasteiger partial charge in [-0.2, -0.15) is 4.57 Å². The lowest BCUT2D eigenvalue weighted by Gasteiger charge is -2.45. The zero-order chi connectivity index (χ0) is 37.0. The number of nitrogens with zero attached hydrogens (tertiary/aromatic N) is 2. The molecule has 50 heavy (non-hydrogen) atoms. The van der Waals surface area contributed by atoms with E-state index in [9.17, 15) is 39.5 Å². The van der Waals surface area contributed by atoms with Crippen LogP contribution in [0, 0.1) is 87.3 Å². The first-order valence-corrected chi connectivity index (χ1v) is 14.1. The predicted octanol–water partition coefficient (Wildman–Crippen LogP) is 6.70. The summed E-state index contributed by atoms with van der Waals surface area (Å²) in [6, 6.07) is 3.83. The molecule has 0 atom stereocenters. The fourth-order valence-corrected chi connectivity index (χ4v) is 5.52. The average molecular weight is 728 g/mol. The molecule has 5 rings (SSSR count). The fourth-order valence-electron chi connectivity index (χ4n) is 5.52. The Morgan fingerprint density at radius 2 is 0.900 bits per heavy atom. The number of unbranched alkanes of at least 4 members (excludes halogenated alkanes) is 1. The number of hydrogen-bond donors (Lipinski definition) is 0. The van der Waals surface area contributed by atoms with E-state index in [1.165, 1.54) is 29.4 Å². The van der Waals surface area contributed by atoms with Gasteiger partial charge >= 0.3 is 0 Å². The van der Waals surface area contributed by atoms with Gasteiger partial charge in [0.05, 0.1) is 6.54 Å². The highest BCUT2D eigenvalue weighted by atomic mass is 19.2. The van der Waals surface area contributed by atoms with Crippen molar-refractivity contribution in [2.75, 3.05) is 0 Å². The van der Waals surface area contributed by atoms with E-state index < -0.39 is 121 Å². The molecule has 1 aromatic heterocycles. The maximum Gasteiger partial charge on any atom is 0.266 e. The zero-order valence-electron chi connectivity index (χ0n) is 24.7. The van der Waals surface area contributed by atoms with Gasteiger partial charge in [0.1, 0.15) is 53.0 Å². The molecular formula is C31H16BF15N2O. The Labute approximate surface area is 270 Å². The molecule has 0 radical (unpaired) electrons. The molecule has 0 aliphatic heterocycles. The minimum Gasteiger partial charge on any atom is -0.699 e. The topological polar surface area (TPSA) is 18.0 Å². The summed E-state index contributed by atoms with van der Waals surface area (Å²) in [7, 11) is 0. The third-order valence-electron chi connectivity index (χ3n) is 7.86. The third kappa shape index (κ3) is 5.42. The van der Waals surface area contributed by atoms with Gasteiger partial charge in [-0.1, -0.05) is 41.9 Å². The second-order valence-electron chi connectivity index (χ2n) is 10.7. The standard InChI is InChI=1S/C31H16BF15N2O/c1-2-3-8-48-9-10-49(11-48)12-6-4-5-7-13(12)50-32(14-17(33)23(39)29(45)24(40)18(14)34,15-19(35)25(41)30(46)26(42)20(15)36)16-21(37)27(43)31(47)28(44)22(16)38/h4-7,9-11H,2-3,8H2,1H3. The van der Waals surface area contributed by atoms with Gasteiger partial charge in [-0.3, -0.25) is 0 Å². The smallest absolute Gasteiger partial charge is 0.266 e. The van der Waals surface area contributed by atoms with Gasteiger partial charge in [0.25, 0.3) is 6.35 Å². The Balaban J connectivity index is 2.08. The maximum atomic E-state index is 15.8. The number of aryl methyl sites for hydroxylation is 1. The first-order valence-electron chi connectivity index (χ1n) is 14.1. The Morgan fingerprint density at radius 1 is 0.540 bits per heavy atom. The Hall–Kier alpha value is -5.10. The molecule has 1 heterocycles. The van der Waals surface area contributed by atoms with Crippen molar-refractivity contribution in [3.63, 3.8) is 0 Å². The molecule has 3 nitrogen and oxygen atoms in total. The number of benzene rings is 4.